The van der Waals surface area contributed by atoms with Gasteiger partial charge in [-0.15, -0.1) is 6.58 Å². The second kappa shape index (κ2) is 4.60. The molecule has 0 fully saturated rings. The van der Waals surface area contributed by atoms with Crippen LogP contribution in [-0.4, -0.2) is 11.7 Å². The minimum atomic E-state index is 0.155. The zero-order chi connectivity index (χ0) is 6.41. The van der Waals surface area contributed by atoms with Crippen molar-refractivity contribution in [1.29, 1.82) is 0 Å². The summed E-state index contributed by atoms with van der Waals surface area (Å²) < 4.78 is 0. The van der Waals surface area contributed by atoms with Gasteiger partial charge in [0, 0.05) is 0 Å². The summed E-state index contributed by atoms with van der Waals surface area (Å²) in [5.74, 6) is 0. The Morgan fingerprint density at radius 3 is 2.50 bits per heavy atom. The average molecular weight is 112 g/mol. The van der Waals surface area contributed by atoms with Crippen LogP contribution in [-0.2, 0) is 0 Å². The van der Waals surface area contributed by atoms with Crippen molar-refractivity contribution in [2.24, 2.45) is 0 Å². The third-order valence-corrected chi connectivity index (χ3v) is 1.02. The van der Waals surface area contributed by atoms with E-state index in [1.165, 1.54) is 0 Å². The van der Waals surface area contributed by atoms with E-state index in [-0.39, 0.29) is 6.61 Å². The SMILES string of the molecule is C=CCC(=CC)CO. The number of rotatable bonds is 3. The molecule has 0 amide bonds. The van der Waals surface area contributed by atoms with Crippen LogP contribution in [0.1, 0.15) is 13.3 Å². The second-order valence-electron chi connectivity index (χ2n) is 1.60. The van der Waals surface area contributed by atoms with Crippen molar-refractivity contribution >= 4 is 0 Å². The number of aliphatic hydroxyl groups is 1. The molecule has 0 radical (unpaired) electrons. The maximum atomic E-state index is 8.54. The highest BCUT2D eigenvalue weighted by Gasteiger charge is 1.85. The molecule has 1 nitrogen and oxygen atoms in total. The fourth-order valence-electron chi connectivity index (χ4n) is 0.459. The van der Waals surface area contributed by atoms with Crippen LogP contribution in [0.4, 0.5) is 0 Å². The fourth-order valence-corrected chi connectivity index (χ4v) is 0.459. The van der Waals surface area contributed by atoms with Gasteiger partial charge >= 0.3 is 0 Å². The van der Waals surface area contributed by atoms with E-state index >= 15 is 0 Å². The van der Waals surface area contributed by atoms with E-state index in [0.29, 0.717) is 0 Å². The van der Waals surface area contributed by atoms with Gasteiger partial charge < -0.3 is 5.11 Å². The predicted molar refractivity (Wildman–Crippen MR) is 35.7 cm³/mol. The van der Waals surface area contributed by atoms with E-state index < -0.39 is 0 Å². The number of hydrogen-bond acceptors (Lipinski definition) is 1. The van der Waals surface area contributed by atoms with E-state index in [9.17, 15) is 0 Å². The molecule has 46 valence electrons. The Labute approximate surface area is 50.3 Å². The number of hydrogen-bond donors (Lipinski definition) is 1. The van der Waals surface area contributed by atoms with Crippen LogP contribution >= 0.6 is 0 Å². The Hall–Kier alpha value is -0.560. The molecule has 0 rings (SSSR count). The molecule has 0 heterocycles. The van der Waals surface area contributed by atoms with Gasteiger partial charge in [0.25, 0.3) is 0 Å². The van der Waals surface area contributed by atoms with E-state index in [1.807, 2.05) is 13.0 Å². The summed E-state index contributed by atoms with van der Waals surface area (Å²) in [4.78, 5) is 0. The van der Waals surface area contributed by atoms with Gasteiger partial charge in [-0.1, -0.05) is 12.2 Å². The fraction of sp³-hybridized carbons (Fsp3) is 0.429. The molecule has 0 spiro atoms. The minimum absolute atomic E-state index is 0.155. The lowest BCUT2D eigenvalue weighted by Crippen LogP contribution is -1.86. The summed E-state index contributed by atoms with van der Waals surface area (Å²) in [6, 6.07) is 0. The van der Waals surface area contributed by atoms with Crippen molar-refractivity contribution in [2.45, 2.75) is 13.3 Å². The van der Waals surface area contributed by atoms with Crippen molar-refractivity contribution in [3.8, 4) is 0 Å². The highest BCUT2D eigenvalue weighted by molar-refractivity contribution is 5.04. The highest BCUT2D eigenvalue weighted by Crippen LogP contribution is 1.98. The van der Waals surface area contributed by atoms with Gasteiger partial charge in [0.1, 0.15) is 0 Å². The molecule has 0 bridgehead atoms. The van der Waals surface area contributed by atoms with Crippen LogP contribution in [0, 0.1) is 0 Å². The monoisotopic (exact) mass is 112 g/mol. The lowest BCUT2D eigenvalue weighted by molar-refractivity contribution is 0.329. The molecule has 0 aliphatic heterocycles. The molecule has 0 atom stereocenters. The molecule has 0 aromatic carbocycles. The maximum absolute atomic E-state index is 8.54. The summed E-state index contributed by atoms with van der Waals surface area (Å²) in [7, 11) is 0. The van der Waals surface area contributed by atoms with Crippen LogP contribution in [0.2, 0.25) is 0 Å². The Morgan fingerprint density at radius 2 is 2.38 bits per heavy atom. The predicted octanol–water partition coefficient (Wildman–Crippen LogP) is 1.50. The molecule has 1 N–H and O–H groups in total. The molecule has 0 aromatic heterocycles. The number of allylic oxidation sites excluding steroid dienone is 2. The highest BCUT2D eigenvalue weighted by atomic mass is 16.3. The van der Waals surface area contributed by atoms with Gasteiger partial charge in [0.2, 0.25) is 0 Å². The summed E-state index contributed by atoms with van der Waals surface area (Å²) in [5, 5.41) is 8.54. The quantitative estimate of drug-likeness (QED) is 0.548. The van der Waals surface area contributed by atoms with Crippen LogP contribution in [0.15, 0.2) is 24.3 Å². The second-order valence-corrected chi connectivity index (χ2v) is 1.60. The molecule has 1 heteroatoms. The van der Waals surface area contributed by atoms with Crippen molar-refractivity contribution in [3.63, 3.8) is 0 Å². The maximum Gasteiger partial charge on any atom is 0.0644 e. The zero-order valence-corrected chi connectivity index (χ0v) is 5.22. The first-order valence-electron chi connectivity index (χ1n) is 2.71. The summed E-state index contributed by atoms with van der Waals surface area (Å²) >= 11 is 0. The largest absolute Gasteiger partial charge is 0.392 e. The summed E-state index contributed by atoms with van der Waals surface area (Å²) in [5.41, 5.74) is 1.03. The number of aliphatic hydroxyl groups excluding tert-OH is 1. The topological polar surface area (TPSA) is 20.2 Å². The summed E-state index contributed by atoms with van der Waals surface area (Å²) in [6.45, 7) is 5.61. The first-order valence-corrected chi connectivity index (χ1v) is 2.71. The normalized spacial score (nSPS) is 11.5. The zero-order valence-electron chi connectivity index (χ0n) is 5.22. The Morgan fingerprint density at radius 1 is 1.75 bits per heavy atom. The van der Waals surface area contributed by atoms with Gasteiger partial charge in [-0.3, -0.25) is 0 Å². The van der Waals surface area contributed by atoms with E-state index in [4.69, 9.17) is 5.11 Å². The van der Waals surface area contributed by atoms with Gasteiger partial charge in [-0.25, -0.2) is 0 Å². The molecule has 0 saturated heterocycles. The van der Waals surface area contributed by atoms with Crippen LogP contribution in [0.25, 0.3) is 0 Å². The van der Waals surface area contributed by atoms with Gasteiger partial charge in [0.15, 0.2) is 0 Å². The molecule has 0 aliphatic carbocycles. The Kier molecular flexibility index (Phi) is 4.27. The van der Waals surface area contributed by atoms with Gasteiger partial charge in [0.05, 0.1) is 6.61 Å². The molecular weight excluding hydrogens is 100 g/mol. The lowest BCUT2D eigenvalue weighted by atomic mass is 10.2. The van der Waals surface area contributed by atoms with Gasteiger partial charge in [-0.05, 0) is 18.9 Å². The first kappa shape index (κ1) is 7.44. The molecule has 0 aliphatic rings. The molecule has 0 unspecified atom stereocenters. The summed E-state index contributed by atoms with van der Waals surface area (Å²) in [6.07, 6.45) is 4.49. The van der Waals surface area contributed by atoms with Gasteiger partial charge in [-0.2, -0.15) is 0 Å². The van der Waals surface area contributed by atoms with Crippen LogP contribution in [0.5, 0.6) is 0 Å². The molecule has 0 saturated carbocycles. The Balaban J connectivity index is 3.53. The molecule has 8 heavy (non-hydrogen) atoms. The average Bonchev–Trinajstić information content (AvgIpc) is 1.83. The molecular formula is C7H12O. The third-order valence-electron chi connectivity index (χ3n) is 1.02. The van der Waals surface area contributed by atoms with Crippen molar-refractivity contribution in [1.82, 2.24) is 0 Å². The standard InChI is InChI=1S/C7H12O/c1-3-5-7(4-2)6-8/h3-4,8H,1,5-6H2,2H3. The lowest BCUT2D eigenvalue weighted by Gasteiger charge is -1.94. The van der Waals surface area contributed by atoms with Crippen molar-refractivity contribution < 1.29 is 5.11 Å². The van der Waals surface area contributed by atoms with E-state index in [2.05, 4.69) is 6.58 Å². The van der Waals surface area contributed by atoms with Crippen LogP contribution < -0.4 is 0 Å². The van der Waals surface area contributed by atoms with Crippen molar-refractivity contribution in [2.75, 3.05) is 6.61 Å². The van der Waals surface area contributed by atoms with Crippen molar-refractivity contribution in [3.05, 3.63) is 24.3 Å². The minimum Gasteiger partial charge on any atom is -0.392 e. The van der Waals surface area contributed by atoms with E-state index in [0.717, 1.165) is 12.0 Å². The smallest absolute Gasteiger partial charge is 0.0644 e. The first-order chi connectivity index (χ1) is 3.85. The van der Waals surface area contributed by atoms with Crippen LogP contribution in [0.3, 0.4) is 0 Å². The van der Waals surface area contributed by atoms with E-state index in [1.54, 1.807) is 6.08 Å². The Bertz CT molecular complexity index is 92.6. The third kappa shape index (κ3) is 2.59. The molecule has 0 aromatic rings.